The van der Waals surface area contributed by atoms with E-state index < -0.39 is 0 Å². The third-order valence-electron chi connectivity index (χ3n) is 3.43. The fourth-order valence-corrected chi connectivity index (χ4v) is 1.71. The first-order valence-electron chi connectivity index (χ1n) is 6.96. The van der Waals surface area contributed by atoms with Crippen molar-refractivity contribution in [2.45, 2.75) is 19.9 Å². The van der Waals surface area contributed by atoms with Crippen LogP contribution in [-0.2, 0) is 0 Å². The molecule has 0 fully saturated rings. The molecule has 1 aromatic rings. The maximum atomic E-state index is 11.7. The van der Waals surface area contributed by atoms with Gasteiger partial charge in [-0.25, -0.2) is 4.79 Å². The first kappa shape index (κ1) is 16.3. The second-order valence-electron chi connectivity index (χ2n) is 5.11. The molecule has 0 spiro atoms. The van der Waals surface area contributed by atoms with Crippen molar-refractivity contribution < 1.29 is 9.90 Å². The molecular formula is C15H25N3O2. The summed E-state index contributed by atoms with van der Waals surface area (Å²) < 4.78 is 0. The number of carbonyl (C=O) groups is 1. The molecule has 2 atom stereocenters. The zero-order valence-corrected chi connectivity index (χ0v) is 12.5. The number of amides is 2. The van der Waals surface area contributed by atoms with E-state index in [9.17, 15) is 4.79 Å². The van der Waals surface area contributed by atoms with E-state index in [-0.39, 0.29) is 24.6 Å². The van der Waals surface area contributed by atoms with Gasteiger partial charge in [0.15, 0.2) is 0 Å². The number of likely N-dealkylation sites (N-methyl/N-ethyl adjacent to an activating group) is 1. The average Bonchev–Trinajstić information content (AvgIpc) is 2.47. The molecule has 0 radical (unpaired) electrons. The van der Waals surface area contributed by atoms with E-state index in [2.05, 4.69) is 15.5 Å². The predicted molar refractivity (Wildman–Crippen MR) is 82.0 cm³/mol. The monoisotopic (exact) mass is 279 g/mol. The summed E-state index contributed by atoms with van der Waals surface area (Å²) >= 11 is 0. The Labute approximate surface area is 121 Å². The van der Waals surface area contributed by atoms with E-state index >= 15 is 0 Å². The third kappa shape index (κ3) is 5.48. The summed E-state index contributed by atoms with van der Waals surface area (Å²) in [6.07, 6.45) is 0. The van der Waals surface area contributed by atoms with Gasteiger partial charge in [-0.1, -0.05) is 25.1 Å². The zero-order chi connectivity index (χ0) is 15.0. The summed E-state index contributed by atoms with van der Waals surface area (Å²) in [6.45, 7) is 5.15. The molecule has 5 nitrogen and oxygen atoms in total. The number of urea groups is 1. The number of benzene rings is 1. The van der Waals surface area contributed by atoms with Gasteiger partial charge in [0, 0.05) is 38.5 Å². The van der Waals surface area contributed by atoms with Gasteiger partial charge in [-0.15, -0.1) is 0 Å². The number of nitrogens with one attached hydrogen (secondary N) is 2. The van der Waals surface area contributed by atoms with E-state index in [0.29, 0.717) is 6.54 Å². The number of rotatable bonds is 7. The quantitative estimate of drug-likeness (QED) is 0.707. The van der Waals surface area contributed by atoms with E-state index in [4.69, 9.17) is 5.11 Å². The number of nitrogens with zero attached hydrogens (tertiary/aromatic N) is 1. The van der Waals surface area contributed by atoms with Crippen LogP contribution in [0.4, 0.5) is 10.5 Å². The van der Waals surface area contributed by atoms with Crippen molar-refractivity contribution in [2.24, 2.45) is 5.92 Å². The Morgan fingerprint density at radius 3 is 2.55 bits per heavy atom. The molecule has 0 aliphatic heterocycles. The Hall–Kier alpha value is -1.75. The van der Waals surface area contributed by atoms with Gasteiger partial charge < -0.3 is 20.6 Å². The molecule has 0 aliphatic carbocycles. The van der Waals surface area contributed by atoms with Crippen molar-refractivity contribution >= 4 is 11.7 Å². The van der Waals surface area contributed by atoms with Crippen molar-refractivity contribution in [3.63, 3.8) is 0 Å². The summed E-state index contributed by atoms with van der Waals surface area (Å²) in [5.74, 6) is 0.0488. The van der Waals surface area contributed by atoms with Gasteiger partial charge in [0.2, 0.25) is 0 Å². The Bertz CT molecular complexity index is 397. The second kappa shape index (κ2) is 8.43. The van der Waals surface area contributed by atoms with Gasteiger partial charge in [0.1, 0.15) is 0 Å². The van der Waals surface area contributed by atoms with Crippen LogP contribution in [0.1, 0.15) is 13.8 Å². The Morgan fingerprint density at radius 2 is 1.95 bits per heavy atom. The average molecular weight is 279 g/mol. The van der Waals surface area contributed by atoms with Crippen molar-refractivity contribution in [3.8, 4) is 0 Å². The molecule has 3 N–H and O–H groups in total. The summed E-state index contributed by atoms with van der Waals surface area (Å²) in [7, 11) is 1.99. The highest BCUT2D eigenvalue weighted by molar-refractivity contribution is 5.74. The number of hydrogen-bond acceptors (Lipinski definition) is 3. The van der Waals surface area contributed by atoms with E-state index in [0.717, 1.165) is 12.2 Å². The predicted octanol–water partition coefficient (Wildman–Crippen LogP) is 1.44. The second-order valence-corrected chi connectivity index (χ2v) is 5.11. The minimum Gasteiger partial charge on any atom is -0.396 e. The topological polar surface area (TPSA) is 64.6 Å². The first-order valence-corrected chi connectivity index (χ1v) is 6.96. The highest BCUT2D eigenvalue weighted by Crippen LogP contribution is 2.09. The number of carbonyl (C=O) groups excluding carboxylic acids is 1. The zero-order valence-electron chi connectivity index (χ0n) is 12.5. The minimum absolute atomic E-state index is 0.0488. The lowest BCUT2D eigenvalue weighted by Crippen LogP contribution is -2.45. The molecule has 1 rings (SSSR count). The smallest absolute Gasteiger partial charge is 0.315 e. The summed E-state index contributed by atoms with van der Waals surface area (Å²) in [5, 5.41) is 14.6. The molecule has 1 aromatic carbocycles. The first-order chi connectivity index (χ1) is 9.54. The van der Waals surface area contributed by atoms with Crippen LogP contribution in [0.15, 0.2) is 30.3 Å². The van der Waals surface area contributed by atoms with E-state index in [1.807, 2.05) is 51.2 Å². The van der Waals surface area contributed by atoms with Crippen LogP contribution in [-0.4, -0.2) is 43.9 Å². The van der Waals surface area contributed by atoms with Crippen LogP contribution in [0.5, 0.6) is 0 Å². The molecule has 0 aromatic heterocycles. The highest BCUT2D eigenvalue weighted by Gasteiger charge is 2.13. The number of para-hydroxylation sites is 1. The van der Waals surface area contributed by atoms with Gasteiger partial charge in [-0.3, -0.25) is 0 Å². The third-order valence-corrected chi connectivity index (χ3v) is 3.43. The van der Waals surface area contributed by atoms with Gasteiger partial charge in [-0.05, 0) is 25.0 Å². The van der Waals surface area contributed by atoms with Crippen molar-refractivity contribution in [1.29, 1.82) is 0 Å². The maximum absolute atomic E-state index is 11.7. The SMILES string of the molecule is CC(CO)C(C)NC(=O)NCCN(C)c1ccccc1. The lowest BCUT2D eigenvalue weighted by molar-refractivity contribution is 0.200. The Balaban J connectivity index is 2.25. The van der Waals surface area contributed by atoms with Gasteiger partial charge in [0.25, 0.3) is 0 Å². The van der Waals surface area contributed by atoms with Crippen LogP contribution in [0, 0.1) is 5.92 Å². The molecule has 0 aliphatic rings. The fourth-order valence-electron chi connectivity index (χ4n) is 1.71. The van der Waals surface area contributed by atoms with Gasteiger partial charge >= 0.3 is 6.03 Å². The molecule has 0 saturated carbocycles. The molecule has 0 saturated heterocycles. The molecule has 2 unspecified atom stereocenters. The van der Waals surface area contributed by atoms with Crippen LogP contribution in [0.2, 0.25) is 0 Å². The van der Waals surface area contributed by atoms with Gasteiger partial charge in [0.05, 0.1) is 0 Å². The number of aliphatic hydroxyl groups is 1. The van der Waals surface area contributed by atoms with Crippen molar-refractivity contribution in [3.05, 3.63) is 30.3 Å². The van der Waals surface area contributed by atoms with Crippen molar-refractivity contribution in [1.82, 2.24) is 10.6 Å². The summed E-state index contributed by atoms with van der Waals surface area (Å²) in [5.41, 5.74) is 1.12. The number of hydrogen-bond donors (Lipinski definition) is 3. The minimum atomic E-state index is -0.195. The highest BCUT2D eigenvalue weighted by atomic mass is 16.3. The fraction of sp³-hybridized carbons (Fsp3) is 0.533. The number of aliphatic hydroxyl groups excluding tert-OH is 1. The standard InChI is InChI=1S/C15H25N3O2/c1-12(11-19)13(2)17-15(20)16-9-10-18(3)14-7-5-4-6-8-14/h4-8,12-13,19H,9-11H2,1-3H3,(H2,16,17,20). The molecule has 20 heavy (non-hydrogen) atoms. The molecule has 0 heterocycles. The van der Waals surface area contributed by atoms with Gasteiger partial charge in [-0.2, -0.15) is 0 Å². The molecule has 2 amide bonds. The molecule has 0 bridgehead atoms. The van der Waals surface area contributed by atoms with Crippen LogP contribution >= 0.6 is 0 Å². The molecule has 5 heteroatoms. The van der Waals surface area contributed by atoms with E-state index in [1.165, 1.54) is 0 Å². The van der Waals surface area contributed by atoms with Crippen LogP contribution in [0.3, 0.4) is 0 Å². The van der Waals surface area contributed by atoms with Crippen LogP contribution < -0.4 is 15.5 Å². The summed E-state index contributed by atoms with van der Waals surface area (Å²) in [6, 6.07) is 9.78. The summed E-state index contributed by atoms with van der Waals surface area (Å²) in [4.78, 5) is 13.8. The Kier molecular flexibility index (Phi) is 6.87. The lowest BCUT2D eigenvalue weighted by atomic mass is 10.1. The normalized spacial score (nSPS) is 13.4. The molecular weight excluding hydrogens is 254 g/mol. The van der Waals surface area contributed by atoms with Crippen LogP contribution in [0.25, 0.3) is 0 Å². The lowest BCUT2D eigenvalue weighted by Gasteiger charge is -2.21. The maximum Gasteiger partial charge on any atom is 0.315 e. The number of anilines is 1. The van der Waals surface area contributed by atoms with Crippen molar-refractivity contribution in [2.75, 3.05) is 31.6 Å². The Morgan fingerprint density at radius 1 is 1.30 bits per heavy atom. The largest absolute Gasteiger partial charge is 0.396 e. The van der Waals surface area contributed by atoms with E-state index in [1.54, 1.807) is 0 Å². The molecule has 112 valence electrons.